The van der Waals surface area contributed by atoms with Gasteiger partial charge >= 0.3 is 5.51 Å². The quantitative estimate of drug-likeness (QED) is 0.575. The first-order valence-electron chi connectivity index (χ1n) is 9.73. The summed E-state index contributed by atoms with van der Waals surface area (Å²) < 4.78 is 91.4. The molecule has 1 aliphatic carbocycles. The Morgan fingerprint density at radius 2 is 2.00 bits per heavy atom. The van der Waals surface area contributed by atoms with E-state index in [0.29, 0.717) is 12.5 Å². The van der Waals surface area contributed by atoms with Gasteiger partial charge in [-0.3, -0.25) is 0 Å². The van der Waals surface area contributed by atoms with Gasteiger partial charge in [0.1, 0.15) is 11.5 Å². The van der Waals surface area contributed by atoms with Crippen LogP contribution in [0.5, 0.6) is 11.5 Å². The molecule has 0 aromatic heterocycles. The van der Waals surface area contributed by atoms with Crippen LogP contribution in [0.2, 0.25) is 0 Å². The smallest absolute Gasteiger partial charge is 0.446 e. The van der Waals surface area contributed by atoms with E-state index in [2.05, 4.69) is 5.32 Å². The van der Waals surface area contributed by atoms with Crippen molar-refractivity contribution in [3.63, 3.8) is 0 Å². The van der Waals surface area contributed by atoms with Crippen molar-refractivity contribution in [3.05, 3.63) is 17.7 Å². The molecule has 0 heterocycles. The summed E-state index contributed by atoms with van der Waals surface area (Å²) in [6.45, 7) is 1.21. The number of methoxy groups -OCH3 is 2. The molecule has 0 amide bonds. The number of rotatable bonds is 8. The zero-order chi connectivity index (χ0) is 21.2. The third-order valence-electron chi connectivity index (χ3n) is 3.27. The van der Waals surface area contributed by atoms with Gasteiger partial charge < -0.3 is 14.8 Å². The van der Waals surface area contributed by atoms with E-state index in [0.717, 1.165) is 31.5 Å². The van der Waals surface area contributed by atoms with E-state index in [-0.39, 0.29) is 17.7 Å². The van der Waals surface area contributed by atoms with Crippen molar-refractivity contribution in [1.29, 1.82) is 0 Å². The normalized spacial score (nSPS) is 20.1. The molecule has 0 spiro atoms. The highest BCUT2D eigenvalue weighted by atomic mass is 32.2. The van der Waals surface area contributed by atoms with Gasteiger partial charge in [-0.1, -0.05) is 0 Å². The summed E-state index contributed by atoms with van der Waals surface area (Å²) in [6.07, 6.45) is 2.51. The first-order valence-corrected chi connectivity index (χ1v) is 7.55. The Bertz CT molecular complexity index is 677. The summed E-state index contributed by atoms with van der Waals surface area (Å²) in [7, 11) is -5.84. The van der Waals surface area contributed by atoms with Crippen molar-refractivity contribution < 1.29 is 30.9 Å². The van der Waals surface area contributed by atoms with Gasteiger partial charge in [-0.2, -0.15) is 13.2 Å². The fourth-order valence-corrected chi connectivity index (χ4v) is 2.63. The van der Waals surface area contributed by atoms with E-state index in [4.69, 9.17) is 17.7 Å². The number of halogens is 3. The molecule has 1 aromatic rings. The lowest BCUT2D eigenvalue weighted by Gasteiger charge is -2.15. The highest BCUT2D eigenvalue weighted by Gasteiger charge is 2.31. The zero-order valence-corrected chi connectivity index (χ0v) is 12.4. The Morgan fingerprint density at radius 3 is 2.64 bits per heavy atom. The molecular formula is C15H20F3NO2S. The lowest BCUT2D eigenvalue weighted by molar-refractivity contribution is -0.0328. The largest absolute Gasteiger partial charge is 0.496 e. The summed E-state index contributed by atoms with van der Waals surface area (Å²) in [4.78, 5) is -0.586. The van der Waals surface area contributed by atoms with Crippen LogP contribution in [0.1, 0.15) is 26.6 Å². The molecule has 1 aliphatic rings. The Kier molecular flexibility index (Phi) is 3.61. The van der Waals surface area contributed by atoms with Crippen molar-refractivity contribution in [1.82, 2.24) is 5.32 Å². The number of ether oxygens (including phenoxy) is 2. The molecule has 1 aromatic carbocycles. The number of benzene rings is 1. The van der Waals surface area contributed by atoms with Crippen molar-refractivity contribution in [2.75, 3.05) is 27.2 Å². The molecule has 0 unspecified atom stereocenters. The summed E-state index contributed by atoms with van der Waals surface area (Å²) in [5, 5.41) is 3.17. The third-order valence-corrected chi connectivity index (χ3v) is 4.04. The summed E-state index contributed by atoms with van der Waals surface area (Å²) >= 11 is -0.597. The van der Waals surface area contributed by atoms with Gasteiger partial charge in [0.05, 0.1) is 27.2 Å². The number of hydrogen-bond donors (Lipinski definition) is 1. The number of thioether (sulfide) groups is 1. The van der Waals surface area contributed by atoms with Crippen LogP contribution in [0.3, 0.4) is 0 Å². The standard InChI is InChI=1S/C15H20F3NO2S/c1-20-12-8-14(22-15(16,17)18)13(21-2)7-11(12)5-6-19-9-10-3-4-10/h7-8,10,19H,3-6,9H2,1-2H3/i1D3,2D3. The van der Waals surface area contributed by atoms with Gasteiger partial charge in [-0.05, 0) is 67.7 Å². The van der Waals surface area contributed by atoms with Crippen molar-refractivity contribution in [2.24, 2.45) is 5.92 Å². The van der Waals surface area contributed by atoms with Crippen LogP contribution in [0.4, 0.5) is 13.2 Å². The maximum atomic E-state index is 12.9. The van der Waals surface area contributed by atoms with Crippen LogP contribution in [-0.4, -0.2) is 32.7 Å². The van der Waals surface area contributed by atoms with Gasteiger partial charge in [0.15, 0.2) is 0 Å². The highest BCUT2D eigenvalue weighted by Crippen LogP contribution is 2.44. The van der Waals surface area contributed by atoms with E-state index in [1.54, 1.807) is 0 Å². The second-order valence-corrected chi connectivity index (χ2v) is 6.16. The lowest BCUT2D eigenvalue weighted by Crippen LogP contribution is -2.20. The van der Waals surface area contributed by atoms with E-state index >= 15 is 0 Å². The lowest BCUT2D eigenvalue weighted by atomic mass is 10.1. The van der Waals surface area contributed by atoms with Gasteiger partial charge in [0, 0.05) is 0 Å². The molecule has 22 heavy (non-hydrogen) atoms. The van der Waals surface area contributed by atoms with Crippen LogP contribution in [-0.2, 0) is 6.42 Å². The molecule has 124 valence electrons. The van der Waals surface area contributed by atoms with E-state index < -0.39 is 42.0 Å². The van der Waals surface area contributed by atoms with Gasteiger partial charge in [0.25, 0.3) is 0 Å². The van der Waals surface area contributed by atoms with Crippen molar-refractivity contribution in [3.8, 4) is 11.5 Å². The molecule has 0 saturated heterocycles. The molecular weight excluding hydrogens is 315 g/mol. The van der Waals surface area contributed by atoms with Gasteiger partial charge in [0.2, 0.25) is 0 Å². The minimum atomic E-state index is -4.72. The first kappa shape index (κ1) is 10.6. The summed E-state index contributed by atoms with van der Waals surface area (Å²) in [6, 6.07) is 1.96. The average molecular weight is 341 g/mol. The molecule has 0 aliphatic heterocycles. The second-order valence-electron chi connectivity index (χ2n) is 5.06. The Balaban J connectivity index is 2.32. The molecule has 2 rings (SSSR count). The van der Waals surface area contributed by atoms with Gasteiger partial charge in [-0.25, -0.2) is 0 Å². The van der Waals surface area contributed by atoms with Crippen LogP contribution in [0.25, 0.3) is 0 Å². The predicted octanol–water partition coefficient (Wildman–Crippen LogP) is 3.86. The highest BCUT2D eigenvalue weighted by molar-refractivity contribution is 8.00. The molecule has 7 heteroatoms. The summed E-state index contributed by atoms with van der Waals surface area (Å²) in [5.74, 6) is -0.159. The maximum absolute atomic E-state index is 12.9. The van der Waals surface area contributed by atoms with Crippen molar-refractivity contribution >= 4 is 11.8 Å². The Labute approximate surface area is 141 Å². The third kappa shape index (κ3) is 5.28. The molecule has 3 nitrogen and oxygen atoms in total. The summed E-state index contributed by atoms with van der Waals surface area (Å²) in [5.41, 5.74) is -4.48. The average Bonchev–Trinajstić information content (AvgIpc) is 3.27. The maximum Gasteiger partial charge on any atom is 0.446 e. The number of alkyl halides is 3. The minimum absolute atomic E-state index is 0.229. The number of nitrogens with one attached hydrogen (secondary N) is 1. The molecule has 0 atom stereocenters. The van der Waals surface area contributed by atoms with E-state index in [1.807, 2.05) is 0 Å². The molecule has 1 N–H and O–H groups in total. The van der Waals surface area contributed by atoms with E-state index in [1.165, 1.54) is 0 Å². The van der Waals surface area contributed by atoms with E-state index in [9.17, 15) is 13.2 Å². The minimum Gasteiger partial charge on any atom is -0.496 e. The van der Waals surface area contributed by atoms with Crippen molar-refractivity contribution in [2.45, 2.75) is 29.7 Å². The fourth-order valence-electron chi connectivity index (χ4n) is 2.01. The van der Waals surface area contributed by atoms with Crippen LogP contribution < -0.4 is 14.8 Å². The molecule has 0 bridgehead atoms. The SMILES string of the molecule is [2H]C([2H])([2H])Oc1cc(SC(F)(F)F)c(OC([2H])([2H])[2H])cc1CCNCC1CC1. The first-order chi connectivity index (χ1) is 12.7. The van der Waals surface area contributed by atoms with Crippen LogP contribution >= 0.6 is 11.8 Å². The van der Waals surface area contributed by atoms with Crippen LogP contribution in [0.15, 0.2) is 17.0 Å². The topological polar surface area (TPSA) is 30.5 Å². The Morgan fingerprint density at radius 1 is 1.27 bits per heavy atom. The molecule has 1 fully saturated rings. The Hall–Kier alpha value is -1.08. The van der Waals surface area contributed by atoms with Gasteiger partial charge in [-0.15, -0.1) is 0 Å². The monoisotopic (exact) mass is 341 g/mol. The van der Waals surface area contributed by atoms with Crippen LogP contribution in [0, 0.1) is 5.92 Å². The molecule has 1 saturated carbocycles. The fraction of sp³-hybridized carbons (Fsp3) is 0.600. The number of hydrogen-bond acceptors (Lipinski definition) is 4. The molecule has 0 radical (unpaired) electrons. The second kappa shape index (κ2) is 7.46. The zero-order valence-electron chi connectivity index (χ0n) is 17.6. The predicted molar refractivity (Wildman–Crippen MR) is 80.8 cm³/mol.